The molecule has 1 fully saturated rings. The van der Waals surface area contributed by atoms with Gasteiger partial charge >= 0.3 is 0 Å². The number of nitrogens with zero attached hydrogens (tertiary/aromatic N) is 1. The van der Waals surface area contributed by atoms with E-state index < -0.39 is 0 Å². The molecule has 26 heavy (non-hydrogen) atoms. The first-order valence-corrected chi connectivity index (χ1v) is 8.95. The Hall–Kier alpha value is -2.66. The molecular weight excluding hydrogens is 326 g/mol. The van der Waals surface area contributed by atoms with Gasteiger partial charge in [0.15, 0.2) is 0 Å². The molecule has 1 atom stereocenters. The zero-order chi connectivity index (χ0) is 18.5. The smallest absolute Gasteiger partial charge is 0.255 e. The highest BCUT2D eigenvalue weighted by Crippen LogP contribution is 2.26. The van der Waals surface area contributed by atoms with E-state index in [0.717, 1.165) is 30.6 Å². The summed E-state index contributed by atoms with van der Waals surface area (Å²) in [7, 11) is 3.46. The van der Waals surface area contributed by atoms with E-state index in [0.29, 0.717) is 17.2 Å². The second-order valence-corrected chi connectivity index (χ2v) is 6.85. The molecule has 2 amide bonds. The van der Waals surface area contributed by atoms with Gasteiger partial charge in [-0.1, -0.05) is 36.4 Å². The quantitative estimate of drug-likeness (QED) is 0.871. The van der Waals surface area contributed by atoms with Crippen molar-refractivity contribution in [1.29, 1.82) is 0 Å². The van der Waals surface area contributed by atoms with Crippen LogP contribution in [0.4, 0.5) is 5.69 Å². The van der Waals surface area contributed by atoms with Crippen molar-refractivity contribution in [3.8, 4) is 0 Å². The number of benzene rings is 2. The van der Waals surface area contributed by atoms with Crippen molar-refractivity contribution in [3.63, 3.8) is 0 Å². The maximum atomic E-state index is 12.9. The summed E-state index contributed by atoms with van der Waals surface area (Å²) in [4.78, 5) is 26.5. The van der Waals surface area contributed by atoms with Crippen LogP contribution in [0.3, 0.4) is 0 Å². The highest BCUT2D eigenvalue weighted by molar-refractivity contribution is 6.06. The Morgan fingerprint density at radius 2 is 1.85 bits per heavy atom. The first-order valence-electron chi connectivity index (χ1n) is 8.95. The van der Waals surface area contributed by atoms with Crippen molar-refractivity contribution in [2.75, 3.05) is 32.5 Å². The summed E-state index contributed by atoms with van der Waals surface area (Å²) in [5.74, 6) is 0.240. The van der Waals surface area contributed by atoms with Gasteiger partial charge < -0.3 is 15.5 Å². The first kappa shape index (κ1) is 18.1. The molecule has 1 aliphatic rings. The van der Waals surface area contributed by atoms with Crippen LogP contribution in [0.1, 0.15) is 33.8 Å². The first-order chi connectivity index (χ1) is 12.6. The summed E-state index contributed by atoms with van der Waals surface area (Å²) < 4.78 is 0. The summed E-state index contributed by atoms with van der Waals surface area (Å²) in [6.07, 6.45) is 1.30. The molecule has 0 bridgehead atoms. The van der Waals surface area contributed by atoms with Crippen molar-refractivity contribution in [1.82, 2.24) is 10.2 Å². The fourth-order valence-corrected chi connectivity index (χ4v) is 3.29. The third-order valence-corrected chi connectivity index (χ3v) is 4.81. The Morgan fingerprint density at radius 3 is 2.58 bits per heavy atom. The molecule has 136 valence electrons. The van der Waals surface area contributed by atoms with Crippen molar-refractivity contribution in [2.24, 2.45) is 0 Å². The Kier molecular flexibility index (Phi) is 5.68. The summed E-state index contributed by atoms with van der Waals surface area (Å²) in [5, 5.41) is 6.36. The molecule has 5 nitrogen and oxygen atoms in total. The molecule has 0 radical (unpaired) electrons. The largest absolute Gasteiger partial charge is 0.349 e. The molecular formula is C21H25N3O2. The fourth-order valence-electron chi connectivity index (χ4n) is 3.29. The maximum absolute atomic E-state index is 12.9. The van der Waals surface area contributed by atoms with E-state index in [9.17, 15) is 9.59 Å². The van der Waals surface area contributed by atoms with Gasteiger partial charge in [0, 0.05) is 31.9 Å². The van der Waals surface area contributed by atoms with Crippen LogP contribution in [0.25, 0.3) is 0 Å². The number of anilines is 1. The normalized spacial score (nSPS) is 16.3. The molecule has 1 heterocycles. The van der Waals surface area contributed by atoms with Gasteiger partial charge in [-0.05, 0) is 42.1 Å². The van der Waals surface area contributed by atoms with Crippen LogP contribution in [0.5, 0.6) is 0 Å². The van der Waals surface area contributed by atoms with Gasteiger partial charge in [0.1, 0.15) is 0 Å². The van der Waals surface area contributed by atoms with E-state index in [1.54, 1.807) is 19.0 Å². The van der Waals surface area contributed by atoms with E-state index >= 15 is 0 Å². The van der Waals surface area contributed by atoms with Gasteiger partial charge in [0.05, 0.1) is 6.42 Å². The molecule has 5 heteroatoms. The molecule has 0 saturated carbocycles. The number of carbonyl (C=O) groups is 2. The van der Waals surface area contributed by atoms with Gasteiger partial charge in [-0.15, -0.1) is 0 Å². The zero-order valence-electron chi connectivity index (χ0n) is 15.3. The lowest BCUT2D eigenvalue weighted by molar-refractivity contribution is -0.127. The van der Waals surface area contributed by atoms with Crippen LogP contribution < -0.4 is 10.6 Å². The van der Waals surface area contributed by atoms with Crippen LogP contribution >= 0.6 is 0 Å². The van der Waals surface area contributed by atoms with Crippen LogP contribution in [0.2, 0.25) is 0 Å². The maximum Gasteiger partial charge on any atom is 0.255 e. The van der Waals surface area contributed by atoms with Gasteiger partial charge in [0.25, 0.3) is 5.91 Å². The Balaban J connectivity index is 1.82. The molecule has 2 N–H and O–H groups in total. The summed E-state index contributed by atoms with van der Waals surface area (Å²) >= 11 is 0. The topological polar surface area (TPSA) is 61.4 Å². The number of likely N-dealkylation sites (N-methyl/N-ethyl adjacent to an activating group) is 1. The molecule has 2 aromatic rings. The van der Waals surface area contributed by atoms with Gasteiger partial charge in [-0.2, -0.15) is 0 Å². The van der Waals surface area contributed by atoms with Crippen LogP contribution in [-0.4, -0.2) is 43.9 Å². The minimum atomic E-state index is -0.128. The minimum absolute atomic E-state index is 0.00382. The SMILES string of the molecule is CN(C)C(=O)Cc1ccccc1NC(=O)c1ccccc1[C@@H]1CCNC1. The van der Waals surface area contributed by atoms with Crippen molar-refractivity contribution < 1.29 is 9.59 Å². The monoisotopic (exact) mass is 351 g/mol. The summed E-state index contributed by atoms with van der Waals surface area (Å²) in [5.41, 5.74) is 3.29. The molecule has 0 spiro atoms. The second-order valence-electron chi connectivity index (χ2n) is 6.85. The third kappa shape index (κ3) is 4.11. The molecule has 0 aliphatic carbocycles. The molecule has 2 aromatic carbocycles. The summed E-state index contributed by atoms with van der Waals surface area (Å²) in [6, 6.07) is 15.2. The van der Waals surface area contributed by atoms with Crippen LogP contribution in [0, 0.1) is 0 Å². The van der Waals surface area contributed by atoms with Gasteiger partial charge in [0.2, 0.25) is 5.91 Å². The van der Waals surface area contributed by atoms with E-state index in [2.05, 4.69) is 10.6 Å². The molecule has 1 saturated heterocycles. The number of para-hydroxylation sites is 1. The van der Waals surface area contributed by atoms with E-state index in [-0.39, 0.29) is 18.2 Å². The number of rotatable bonds is 5. The van der Waals surface area contributed by atoms with Gasteiger partial charge in [-0.25, -0.2) is 0 Å². The predicted octanol–water partition coefficient (Wildman–Crippen LogP) is 2.65. The Morgan fingerprint density at radius 1 is 1.12 bits per heavy atom. The van der Waals surface area contributed by atoms with E-state index in [1.807, 2.05) is 48.5 Å². The number of nitrogens with one attached hydrogen (secondary N) is 2. The predicted molar refractivity (Wildman–Crippen MR) is 103 cm³/mol. The number of hydrogen-bond acceptors (Lipinski definition) is 3. The lowest BCUT2D eigenvalue weighted by Gasteiger charge is -2.17. The Labute approximate surface area is 154 Å². The highest BCUT2D eigenvalue weighted by atomic mass is 16.2. The lowest BCUT2D eigenvalue weighted by Crippen LogP contribution is -2.24. The second kappa shape index (κ2) is 8.15. The molecule has 1 aliphatic heterocycles. The molecule has 0 unspecified atom stereocenters. The molecule has 0 aromatic heterocycles. The third-order valence-electron chi connectivity index (χ3n) is 4.81. The van der Waals surface area contributed by atoms with Crippen LogP contribution in [-0.2, 0) is 11.2 Å². The summed E-state index contributed by atoms with van der Waals surface area (Å²) in [6.45, 7) is 1.88. The zero-order valence-corrected chi connectivity index (χ0v) is 15.3. The lowest BCUT2D eigenvalue weighted by atomic mass is 9.93. The number of amides is 2. The highest BCUT2D eigenvalue weighted by Gasteiger charge is 2.22. The average molecular weight is 351 g/mol. The Bertz CT molecular complexity index is 795. The standard InChI is InChI=1S/C21H25N3O2/c1-24(2)20(25)13-15-7-3-6-10-19(15)23-21(26)18-9-5-4-8-17(18)16-11-12-22-14-16/h3-10,16,22H,11-14H2,1-2H3,(H,23,26)/t16-/m1/s1. The van der Waals surface area contributed by atoms with Crippen LogP contribution in [0.15, 0.2) is 48.5 Å². The van der Waals surface area contributed by atoms with E-state index in [4.69, 9.17) is 0 Å². The van der Waals surface area contributed by atoms with Crippen molar-refractivity contribution >= 4 is 17.5 Å². The number of carbonyl (C=O) groups excluding carboxylic acids is 2. The average Bonchev–Trinajstić information content (AvgIpc) is 3.17. The number of hydrogen-bond donors (Lipinski definition) is 2. The fraction of sp³-hybridized carbons (Fsp3) is 0.333. The van der Waals surface area contributed by atoms with Crippen molar-refractivity contribution in [2.45, 2.75) is 18.8 Å². The van der Waals surface area contributed by atoms with Gasteiger partial charge in [-0.3, -0.25) is 9.59 Å². The van der Waals surface area contributed by atoms with Crippen molar-refractivity contribution in [3.05, 3.63) is 65.2 Å². The minimum Gasteiger partial charge on any atom is -0.349 e. The molecule has 3 rings (SSSR count). The van der Waals surface area contributed by atoms with E-state index in [1.165, 1.54) is 0 Å².